The number of sulfonamides is 1. The molecule has 4 rings (SSSR count). The van der Waals surface area contributed by atoms with Crippen LogP contribution in [0.4, 0.5) is 11.4 Å². The Morgan fingerprint density at radius 3 is 2.06 bits per heavy atom. The quantitative estimate of drug-likeness (QED) is 0.298. The van der Waals surface area contributed by atoms with Crippen LogP contribution in [0.1, 0.15) is 18.1 Å². The monoisotopic (exact) mass is 500 g/mol. The van der Waals surface area contributed by atoms with Crippen molar-refractivity contribution in [3.63, 3.8) is 0 Å². The summed E-state index contributed by atoms with van der Waals surface area (Å²) in [4.78, 5) is 13.3. The molecule has 7 heteroatoms. The predicted molar refractivity (Wildman–Crippen MR) is 143 cm³/mol. The fourth-order valence-corrected chi connectivity index (χ4v) is 5.29. The van der Waals surface area contributed by atoms with Gasteiger partial charge in [-0.2, -0.15) is 0 Å². The second-order valence-corrected chi connectivity index (χ2v) is 10.1. The number of aryl methyl sites for hydroxylation is 2. The minimum Gasteiger partial charge on any atom is -0.457 e. The van der Waals surface area contributed by atoms with Crippen LogP contribution in [0.15, 0.2) is 108 Å². The van der Waals surface area contributed by atoms with Gasteiger partial charge in [0.1, 0.15) is 18.0 Å². The fraction of sp³-hybridized carbons (Fsp3) is 0.138. The van der Waals surface area contributed by atoms with Crippen LogP contribution in [-0.4, -0.2) is 20.9 Å². The van der Waals surface area contributed by atoms with Crippen molar-refractivity contribution in [2.75, 3.05) is 16.2 Å². The molecule has 0 aliphatic carbocycles. The highest BCUT2D eigenvalue weighted by Gasteiger charge is 2.27. The summed E-state index contributed by atoms with van der Waals surface area (Å²) in [6.07, 6.45) is 0.742. The van der Waals surface area contributed by atoms with Gasteiger partial charge in [0.25, 0.3) is 10.0 Å². The van der Waals surface area contributed by atoms with E-state index in [1.54, 1.807) is 42.5 Å². The van der Waals surface area contributed by atoms with Crippen LogP contribution in [0.3, 0.4) is 0 Å². The van der Waals surface area contributed by atoms with Gasteiger partial charge in [-0.05, 0) is 73.0 Å². The van der Waals surface area contributed by atoms with E-state index in [9.17, 15) is 13.2 Å². The van der Waals surface area contributed by atoms with Gasteiger partial charge < -0.3 is 10.1 Å². The zero-order chi connectivity index (χ0) is 25.5. The minimum atomic E-state index is -4.01. The zero-order valence-electron chi connectivity index (χ0n) is 20.2. The van der Waals surface area contributed by atoms with Crippen molar-refractivity contribution in [2.24, 2.45) is 0 Å². The van der Waals surface area contributed by atoms with E-state index in [4.69, 9.17) is 4.74 Å². The van der Waals surface area contributed by atoms with Crippen molar-refractivity contribution < 1.29 is 17.9 Å². The third kappa shape index (κ3) is 5.75. The second kappa shape index (κ2) is 11.1. The lowest BCUT2D eigenvalue weighted by molar-refractivity contribution is -0.114. The fourth-order valence-electron chi connectivity index (χ4n) is 3.85. The SMILES string of the molecule is CCc1cccc(C)c1NC(=O)CN(c1ccc(Oc2ccccc2)cc1)S(=O)(=O)c1ccccc1. The molecule has 0 aliphatic rings. The third-order valence-electron chi connectivity index (χ3n) is 5.73. The number of carbonyl (C=O) groups is 1. The molecule has 36 heavy (non-hydrogen) atoms. The number of amides is 1. The lowest BCUT2D eigenvalue weighted by Gasteiger charge is -2.25. The van der Waals surface area contributed by atoms with Gasteiger partial charge >= 0.3 is 0 Å². The van der Waals surface area contributed by atoms with Gasteiger partial charge in [0, 0.05) is 5.69 Å². The van der Waals surface area contributed by atoms with Crippen molar-refractivity contribution in [3.05, 3.63) is 114 Å². The highest BCUT2D eigenvalue weighted by Crippen LogP contribution is 2.28. The molecule has 0 fully saturated rings. The number of benzene rings is 4. The highest BCUT2D eigenvalue weighted by atomic mass is 32.2. The number of hydrogen-bond acceptors (Lipinski definition) is 4. The van der Waals surface area contributed by atoms with Gasteiger partial charge in [-0.15, -0.1) is 0 Å². The van der Waals surface area contributed by atoms with Crippen LogP contribution in [0.2, 0.25) is 0 Å². The van der Waals surface area contributed by atoms with E-state index in [2.05, 4.69) is 5.32 Å². The lowest BCUT2D eigenvalue weighted by Crippen LogP contribution is -2.38. The molecular weight excluding hydrogens is 472 g/mol. The molecule has 4 aromatic carbocycles. The Hall–Kier alpha value is -4.10. The first-order chi connectivity index (χ1) is 17.4. The summed E-state index contributed by atoms with van der Waals surface area (Å²) >= 11 is 0. The lowest BCUT2D eigenvalue weighted by atomic mass is 10.1. The molecule has 1 N–H and O–H groups in total. The van der Waals surface area contributed by atoms with Crippen LogP contribution in [-0.2, 0) is 21.2 Å². The van der Waals surface area contributed by atoms with Gasteiger partial charge in [0.2, 0.25) is 5.91 Å². The number of rotatable bonds is 9. The largest absolute Gasteiger partial charge is 0.457 e. The molecule has 0 spiro atoms. The molecule has 0 saturated heterocycles. The Bertz CT molecular complexity index is 1420. The Kier molecular flexibility index (Phi) is 7.71. The normalized spacial score (nSPS) is 11.1. The average molecular weight is 501 g/mol. The van der Waals surface area contributed by atoms with E-state index in [-0.39, 0.29) is 11.4 Å². The van der Waals surface area contributed by atoms with E-state index >= 15 is 0 Å². The van der Waals surface area contributed by atoms with Crippen molar-refractivity contribution in [3.8, 4) is 11.5 Å². The van der Waals surface area contributed by atoms with Gasteiger partial charge in [-0.25, -0.2) is 8.42 Å². The molecule has 6 nitrogen and oxygen atoms in total. The number of nitrogens with one attached hydrogen (secondary N) is 1. The van der Waals surface area contributed by atoms with Crippen molar-refractivity contribution in [2.45, 2.75) is 25.2 Å². The standard InChI is InChI=1S/C29H28N2O4S/c1-3-23-12-10-11-22(2)29(23)30-28(32)21-31(36(33,34)27-15-8-5-9-16-27)24-17-19-26(20-18-24)35-25-13-6-4-7-14-25/h4-20H,3,21H2,1-2H3,(H,30,32). The summed E-state index contributed by atoms with van der Waals surface area (Å²) in [5, 5.41) is 2.93. The Labute approximate surface area is 212 Å². The smallest absolute Gasteiger partial charge is 0.264 e. The Balaban J connectivity index is 1.64. The van der Waals surface area contributed by atoms with E-state index in [0.29, 0.717) is 22.9 Å². The topological polar surface area (TPSA) is 75.7 Å². The molecule has 1 amide bonds. The predicted octanol–water partition coefficient (Wildman–Crippen LogP) is 6.18. The third-order valence-corrected chi connectivity index (χ3v) is 7.51. The maximum atomic E-state index is 13.6. The molecule has 4 aromatic rings. The van der Waals surface area contributed by atoms with Crippen LogP contribution in [0, 0.1) is 6.92 Å². The molecule has 0 atom stereocenters. The summed E-state index contributed by atoms with van der Waals surface area (Å²) < 4.78 is 34.2. The number of ether oxygens (including phenoxy) is 1. The summed E-state index contributed by atoms with van der Waals surface area (Å²) in [6, 6.07) is 29.8. The summed E-state index contributed by atoms with van der Waals surface area (Å²) in [5.41, 5.74) is 2.98. The summed E-state index contributed by atoms with van der Waals surface area (Å²) in [5.74, 6) is 0.797. The zero-order valence-corrected chi connectivity index (χ0v) is 21.0. The van der Waals surface area contributed by atoms with Gasteiger partial charge in [0.05, 0.1) is 10.6 Å². The first kappa shape index (κ1) is 25.0. The van der Waals surface area contributed by atoms with Crippen molar-refractivity contribution in [1.82, 2.24) is 0 Å². The second-order valence-electron chi connectivity index (χ2n) is 8.24. The van der Waals surface area contributed by atoms with Crippen LogP contribution >= 0.6 is 0 Å². The van der Waals surface area contributed by atoms with Crippen LogP contribution in [0.25, 0.3) is 0 Å². The van der Waals surface area contributed by atoms with E-state index < -0.39 is 15.9 Å². The van der Waals surface area contributed by atoms with Gasteiger partial charge in [-0.1, -0.05) is 61.5 Å². The minimum absolute atomic E-state index is 0.104. The van der Waals surface area contributed by atoms with Crippen LogP contribution in [0.5, 0.6) is 11.5 Å². The van der Waals surface area contributed by atoms with Crippen LogP contribution < -0.4 is 14.4 Å². The molecule has 0 bridgehead atoms. The summed E-state index contributed by atoms with van der Waals surface area (Å²) in [6.45, 7) is 3.54. The first-order valence-corrected chi connectivity index (χ1v) is 13.1. The number of para-hydroxylation sites is 2. The number of hydrogen-bond donors (Lipinski definition) is 1. The van der Waals surface area contributed by atoms with E-state index in [1.165, 1.54) is 12.1 Å². The molecule has 0 aliphatic heterocycles. The van der Waals surface area contributed by atoms with Crippen molar-refractivity contribution >= 4 is 27.3 Å². The van der Waals surface area contributed by atoms with Gasteiger partial charge in [0.15, 0.2) is 0 Å². The Morgan fingerprint density at radius 2 is 1.42 bits per heavy atom. The maximum absolute atomic E-state index is 13.6. The van der Waals surface area contributed by atoms with E-state index in [0.717, 1.165) is 21.9 Å². The maximum Gasteiger partial charge on any atom is 0.264 e. The molecule has 184 valence electrons. The Morgan fingerprint density at radius 1 is 0.806 bits per heavy atom. The number of nitrogens with zero attached hydrogens (tertiary/aromatic N) is 1. The number of carbonyl (C=O) groups excluding carboxylic acids is 1. The van der Waals surface area contributed by atoms with E-state index in [1.807, 2.05) is 62.4 Å². The number of anilines is 2. The molecule has 0 heterocycles. The highest BCUT2D eigenvalue weighted by molar-refractivity contribution is 7.92. The van der Waals surface area contributed by atoms with Gasteiger partial charge in [-0.3, -0.25) is 9.10 Å². The molecule has 0 radical (unpaired) electrons. The van der Waals surface area contributed by atoms with Crippen molar-refractivity contribution in [1.29, 1.82) is 0 Å². The summed E-state index contributed by atoms with van der Waals surface area (Å²) in [7, 11) is -4.01. The molecule has 0 saturated carbocycles. The molecule has 0 unspecified atom stereocenters. The molecule has 0 aromatic heterocycles. The molecular formula is C29H28N2O4S. The first-order valence-electron chi connectivity index (χ1n) is 11.7. The average Bonchev–Trinajstić information content (AvgIpc) is 2.90.